The lowest BCUT2D eigenvalue weighted by atomic mass is 10.2. The van der Waals surface area contributed by atoms with Crippen molar-refractivity contribution >= 4 is 5.96 Å². The number of aliphatic imine (C=N–C) groups is 1. The Kier molecular flexibility index (Phi) is 8.22. The van der Waals surface area contributed by atoms with Crippen molar-refractivity contribution in [2.24, 2.45) is 10.7 Å². The van der Waals surface area contributed by atoms with E-state index in [-0.39, 0.29) is 0 Å². The molecule has 0 aliphatic heterocycles. The summed E-state index contributed by atoms with van der Waals surface area (Å²) in [4.78, 5) is 4.32. The lowest BCUT2D eigenvalue weighted by Gasteiger charge is -2.09. The minimum Gasteiger partial charge on any atom is -0.494 e. The number of ether oxygens (including phenoxy) is 2. The van der Waals surface area contributed by atoms with Crippen molar-refractivity contribution in [3.05, 3.63) is 29.8 Å². The fraction of sp³-hybridized carbons (Fsp3) is 0.533. The van der Waals surface area contributed by atoms with Gasteiger partial charge in [-0.05, 0) is 26.3 Å². The molecule has 5 heteroatoms. The summed E-state index contributed by atoms with van der Waals surface area (Å²) in [6.07, 6.45) is 0.916. The molecular weight excluding hydrogens is 254 g/mol. The van der Waals surface area contributed by atoms with Crippen LogP contribution in [0.2, 0.25) is 0 Å². The third-order valence-electron chi connectivity index (χ3n) is 2.67. The largest absolute Gasteiger partial charge is 0.494 e. The Morgan fingerprint density at radius 3 is 2.80 bits per heavy atom. The SMILES string of the molecule is CCOCCCNC(N)=NCc1ccccc1OCC. The standard InChI is InChI=1S/C15H25N3O2/c1-3-19-11-7-10-17-15(16)18-12-13-8-5-6-9-14(13)20-4-2/h5-6,8-9H,3-4,7,10-12H2,1-2H3,(H3,16,17,18). The van der Waals surface area contributed by atoms with E-state index >= 15 is 0 Å². The Labute approximate surface area is 121 Å². The molecule has 0 amide bonds. The summed E-state index contributed by atoms with van der Waals surface area (Å²) in [5.41, 5.74) is 6.85. The highest BCUT2D eigenvalue weighted by Crippen LogP contribution is 2.18. The Bertz CT molecular complexity index is 408. The summed E-state index contributed by atoms with van der Waals surface area (Å²) in [6.45, 7) is 7.37. The first-order valence-electron chi connectivity index (χ1n) is 7.10. The molecule has 0 aliphatic carbocycles. The molecular formula is C15H25N3O2. The number of nitrogens with one attached hydrogen (secondary N) is 1. The van der Waals surface area contributed by atoms with Crippen molar-refractivity contribution in [3.63, 3.8) is 0 Å². The molecule has 0 spiro atoms. The van der Waals surface area contributed by atoms with E-state index in [0.29, 0.717) is 19.1 Å². The van der Waals surface area contributed by atoms with Gasteiger partial charge in [-0.3, -0.25) is 0 Å². The normalized spacial score (nSPS) is 11.4. The van der Waals surface area contributed by atoms with E-state index in [1.165, 1.54) is 0 Å². The second kappa shape index (κ2) is 10.1. The minimum atomic E-state index is 0.452. The Morgan fingerprint density at radius 2 is 2.05 bits per heavy atom. The summed E-state index contributed by atoms with van der Waals surface area (Å²) < 4.78 is 10.8. The first-order chi connectivity index (χ1) is 9.77. The van der Waals surface area contributed by atoms with Crippen LogP contribution in [0, 0.1) is 0 Å². The lowest BCUT2D eigenvalue weighted by Crippen LogP contribution is -2.32. The topological polar surface area (TPSA) is 68.9 Å². The van der Waals surface area contributed by atoms with Crippen LogP contribution in [0.15, 0.2) is 29.3 Å². The van der Waals surface area contributed by atoms with Gasteiger partial charge in [-0.25, -0.2) is 4.99 Å². The van der Waals surface area contributed by atoms with Gasteiger partial charge in [0.1, 0.15) is 5.75 Å². The molecule has 0 heterocycles. The highest BCUT2D eigenvalue weighted by molar-refractivity contribution is 5.77. The van der Waals surface area contributed by atoms with Crippen molar-refractivity contribution in [2.45, 2.75) is 26.8 Å². The second-order valence-corrected chi connectivity index (χ2v) is 4.22. The van der Waals surface area contributed by atoms with Gasteiger partial charge in [-0.1, -0.05) is 18.2 Å². The predicted octanol–water partition coefficient (Wildman–Crippen LogP) is 1.92. The molecule has 0 saturated heterocycles. The predicted molar refractivity (Wildman–Crippen MR) is 82.1 cm³/mol. The molecule has 1 rings (SSSR count). The molecule has 0 unspecified atom stereocenters. The van der Waals surface area contributed by atoms with Crippen LogP contribution in [0.4, 0.5) is 0 Å². The molecule has 0 fully saturated rings. The van der Waals surface area contributed by atoms with Gasteiger partial charge >= 0.3 is 0 Å². The van der Waals surface area contributed by atoms with E-state index in [9.17, 15) is 0 Å². The summed E-state index contributed by atoms with van der Waals surface area (Å²) in [6, 6.07) is 7.86. The number of benzene rings is 1. The molecule has 1 aromatic carbocycles. The number of hydrogen-bond acceptors (Lipinski definition) is 3. The number of hydrogen-bond donors (Lipinski definition) is 2. The maximum absolute atomic E-state index is 5.82. The molecule has 0 radical (unpaired) electrons. The molecule has 20 heavy (non-hydrogen) atoms. The smallest absolute Gasteiger partial charge is 0.188 e. The number of guanidine groups is 1. The average Bonchev–Trinajstić information content (AvgIpc) is 2.46. The van der Waals surface area contributed by atoms with E-state index in [2.05, 4.69) is 10.3 Å². The van der Waals surface area contributed by atoms with Crippen LogP contribution in [0.3, 0.4) is 0 Å². The Morgan fingerprint density at radius 1 is 1.25 bits per heavy atom. The van der Waals surface area contributed by atoms with Crippen molar-refractivity contribution in [1.82, 2.24) is 5.32 Å². The molecule has 0 saturated carbocycles. The zero-order valence-corrected chi connectivity index (χ0v) is 12.4. The number of rotatable bonds is 9. The van der Waals surface area contributed by atoms with Crippen LogP contribution in [0.1, 0.15) is 25.8 Å². The van der Waals surface area contributed by atoms with Gasteiger partial charge in [0.15, 0.2) is 5.96 Å². The fourth-order valence-electron chi connectivity index (χ4n) is 1.69. The van der Waals surface area contributed by atoms with Gasteiger partial charge in [0.05, 0.1) is 13.2 Å². The number of nitrogens with two attached hydrogens (primary N) is 1. The molecule has 1 aromatic rings. The molecule has 112 valence electrons. The Balaban J connectivity index is 2.38. The third kappa shape index (κ3) is 6.43. The number of nitrogens with zero attached hydrogens (tertiary/aromatic N) is 1. The van der Waals surface area contributed by atoms with Gasteiger partial charge in [0, 0.05) is 25.3 Å². The van der Waals surface area contributed by atoms with Crippen molar-refractivity contribution in [2.75, 3.05) is 26.4 Å². The molecule has 3 N–H and O–H groups in total. The third-order valence-corrected chi connectivity index (χ3v) is 2.67. The molecule has 0 aliphatic rings. The van der Waals surface area contributed by atoms with E-state index in [4.69, 9.17) is 15.2 Å². The van der Waals surface area contributed by atoms with Gasteiger partial charge in [0.25, 0.3) is 0 Å². The van der Waals surface area contributed by atoms with Gasteiger partial charge in [0.2, 0.25) is 0 Å². The van der Waals surface area contributed by atoms with Crippen molar-refractivity contribution in [3.8, 4) is 5.75 Å². The van der Waals surface area contributed by atoms with Crippen LogP contribution in [0.25, 0.3) is 0 Å². The van der Waals surface area contributed by atoms with Crippen molar-refractivity contribution < 1.29 is 9.47 Å². The van der Waals surface area contributed by atoms with Gasteiger partial charge in [-0.15, -0.1) is 0 Å². The van der Waals surface area contributed by atoms with Crippen LogP contribution in [-0.2, 0) is 11.3 Å². The maximum atomic E-state index is 5.82. The van der Waals surface area contributed by atoms with Crippen LogP contribution >= 0.6 is 0 Å². The summed E-state index contributed by atoms with van der Waals surface area (Å²) in [5, 5.41) is 3.07. The van der Waals surface area contributed by atoms with E-state index < -0.39 is 0 Å². The van der Waals surface area contributed by atoms with E-state index in [0.717, 1.165) is 37.5 Å². The van der Waals surface area contributed by atoms with Crippen LogP contribution in [0.5, 0.6) is 5.75 Å². The highest BCUT2D eigenvalue weighted by atomic mass is 16.5. The first kappa shape index (κ1) is 16.3. The molecule has 0 atom stereocenters. The molecule has 0 bridgehead atoms. The molecule has 0 aromatic heterocycles. The Hall–Kier alpha value is -1.75. The minimum absolute atomic E-state index is 0.452. The number of para-hydroxylation sites is 1. The summed E-state index contributed by atoms with van der Waals surface area (Å²) >= 11 is 0. The zero-order chi connectivity index (χ0) is 14.6. The second-order valence-electron chi connectivity index (χ2n) is 4.22. The van der Waals surface area contributed by atoms with Gasteiger partial charge in [-0.2, -0.15) is 0 Å². The quantitative estimate of drug-likeness (QED) is 0.411. The monoisotopic (exact) mass is 279 g/mol. The summed E-state index contributed by atoms with van der Waals surface area (Å²) in [7, 11) is 0. The summed E-state index contributed by atoms with van der Waals surface area (Å²) in [5.74, 6) is 1.32. The average molecular weight is 279 g/mol. The highest BCUT2D eigenvalue weighted by Gasteiger charge is 2.01. The maximum Gasteiger partial charge on any atom is 0.188 e. The molecule has 5 nitrogen and oxygen atoms in total. The zero-order valence-electron chi connectivity index (χ0n) is 12.4. The van der Waals surface area contributed by atoms with Crippen LogP contribution < -0.4 is 15.8 Å². The van der Waals surface area contributed by atoms with E-state index in [1.807, 2.05) is 38.1 Å². The van der Waals surface area contributed by atoms with Gasteiger partial charge < -0.3 is 20.5 Å². The van der Waals surface area contributed by atoms with Crippen molar-refractivity contribution in [1.29, 1.82) is 0 Å². The van der Waals surface area contributed by atoms with Crippen LogP contribution in [-0.4, -0.2) is 32.3 Å². The lowest BCUT2D eigenvalue weighted by molar-refractivity contribution is 0.145. The fourth-order valence-corrected chi connectivity index (χ4v) is 1.69. The van der Waals surface area contributed by atoms with E-state index in [1.54, 1.807) is 0 Å². The first-order valence-corrected chi connectivity index (χ1v) is 7.10.